The molecule has 2 heterocycles. The number of hydrogen-bond donors (Lipinski definition) is 1. The van der Waals surface area contributed by atoms with Crippen molar-refractivity contribution in [1.29, 1.82) is 0 Å². The summed E-state index contributed by atoms with van der Waals surface area (Å²) in [4.78, 5) is 12.4. The summed E-state index contributed by atoms with van der Waals surface area (Å²) in [6, 6.07) is 23.4. The number of hydrazone groups is 1. The largest absolute Gasteiger partial charge is 0.460 e. The molecule has 7 nitrogen and oxygen atoms in total. The molecule has 0 aliphatic carbocycles. The van der Waals surface area contributed by atoms with Crippen LogP contribution < -0.4 is 5.43 Å². The number of hydrogen-bond acceptors (Lipinski definition) is 6. The lowest BCUT2D eigenvalue weighted by atomic mass is 10.2. The lowest BCUT2D eigenvalue weighted by Gasteiger charge is -2.10. The maximum absolute atomic E-state index is 12.4. The van der Waals surface area contributed by atoms with Gasteiger partial charge in [0, 0.05) is 11.3 Å². The summed E-state index contributed by atoms with van der Waals surface area (Å²) in [5.74, 6) is 2.05. The fourth-order valence-electron chi connectivity index (χ4n) is 2.94. The fourth-order valence-corrected chi connectivity index (χ4v) is 3.68. The van der Waals surface area contributed by atoms with E-state index in [9.17, 15) is 4.79 Å². The highest BCUT2D eigenvalue weighted by atomic mass is 32.2. The number of carbonyl (C=O) groups excluding carboxylic acids is 1. The first kappa shape index (κ1) is 20.6. The molecule has 156 valence electrons. The molecule has 0 bridgehead atoms. The van der Waals surface area contributed by atoms with E-state index in [0.717, 1.165) is 22.8 Å². The molecule has 0 saturated heterocycles. The van der Waals surface area contributed by atoms with Crippen LogP contribution >= 0.6 is 11.8 Å². The highest BCUT2D eigenvalue weighted by Gasteiger charge is 2.17. The number of nitrogens with one attached hydrogen (secondary N) is 1. The molecule has 8 heteroatoms. The van der Waals surface area contributed by atoms with Crippen LogP contribution in [0.2, 0.25) is 0 Å². The van der Waals surface area contributed by atoms with Crippen LogP contribution in [0.5, 0.6) is 0 Å². The third-order valence-electron chi connectivity index (χ3n) is 4.46. The summed E-state index contributed by atoms with van der Waals surface area (Å²) < 4.78 is 7.46. The fraction of sp³-hybridized carbons (Fsp3) is 0.130. The van der Waals surface area contributed by atoms with Crippen LogP contribution in [0.15, 0.2) is 87.5 Å². The first-order valence-corrected chi connectivity index (χ1v) is 10.7. The number of nitrogens with zero attached hydrogens (tertiary/aromatic N) is 4. The van der Waals surface area contributed by atoms with Crippen LogP contribution in [0.3, 0.4) is 0 Å². The van der Waals surface area contributed by atoms with Gasteiger partial charge in [0.1, 0.15) is 17.2 Å². The zero-order chi connectivity index (χ0) is 21.6. The molecule has 0 fully saturated rings. The van der Waals surface area contributed by atoms with E-state index in [0.29, 0.717) is 16.6 Å². The van der Waals surface area contributed by atoms with Crippen molar-refractivity contribution in [3.8, 4) is 17.1 Å². The zero-order valence-corrected chi connectivity index (χ0v) is 18.0. The minimum atomic E-state index is -0.239. The highest BCUT2D eigenvalue weighted by molar-refractivity contribution is 7.99. The molecule has 0 saturated carbocycles. The van der Waals surface area contributed by atoms with Gasteiger partial charge in [-0.2, -0.15) is 5.10 Å². The van der Waals surface area contributed by atoms with Crippen LogP contribution in [0, 0.1) is 6.92 Å². The van der Waals surface area contributed by atoms with Crippen molar-refractivity contribution in [2.24, 2.45) is 5.10 Å². The van der Waals surface area contributed by atoms with Gasteiger partial charge in [0.2, 0.25) is 0 Å². The smallest absolute Gasteiger partial charge is 0.250 e. The second-order valence-corrected chi connectivity index (χ2v) is 7.72. The normalized spacial score (nSPS) is 11.5. The molecule has 1 amide bonds. The van der Waals surface area contributed by atoms with Gasteiger partial charge in [-0.1, -0.05) is 60.3 Å². The van der Waals surface area contributed by atoms with Crippen molar-refractivity contribution in [3.63, 3.8) is 0 Å². The maximum Gasteiger partial charge on any atom is 0.250 e. The van der Waals surface area contributed by atoms with Crippen molar-refractivity contribution >= 4 is 23.4 Å². The summed E-state index contributed by atoms with van der Waals surface area (Å²) in [6.45, 7) is 3.64. The predicted octanol–water partition coefficient (Wildman–Crippen LogP) is 4.47. The van der Waals surface area contributed by atoms with Crippen LogP contribution in [0.1, 0.15) is 18.4 Å². The van der Waals surface area contributed by atoms with Crippen LogP contribution in [0.25, 0.3) is 17.1 Å². The van der Waals surface area contributed by atoms with E-state index >= 15 is 0 Å². The molecular weight excluding hydrogens is 410 g/mol. The van der Waals surface area contributed by atoms with Crippen molar-refractivity contribution in [2.75, 3.05) is 5.75 Å². The molecule has 2 aromatic carbocycles. The van der Waals surface area contributed by atoms with Gasteiger partial charge in [0.05, 0.1) is 5.75 Å². The van der Waals surface area contributed by atoms with E-state index in [1.165, 1.54) is 11.8 Å². The SMILES string of the molecule is C/C(=N\NC(=O)CSc1nnc(-c2ccccc2)n1-c1ccccc1)c1ccc(C)o1. The van der Waals surface area contributed by atoms with Crippen molar-refractivity contribution in [2.45, 2.75) is 19.0 Å². The molecule has 0 unspecified atom stereocenters. The van der Waals surface area contributed by atoms with Gasteiger partial charge in [-0.15, -0.1) is 10.2 Å². The maximum atomic E-state index is 12.4. The number of amides is 1. The lowest BCUT2D eigenvalue weighted by molar-refractivity contribution is -0.118. The van der Waals surface area contributed by atoms with Gasteiger partial charge in [0.25, 0.3) is 5.91 Å². The van der Waals surface area contributed by atoms with Crippen molar-refractivity contribution in [1.82, 2.24) is 20.2 Å². The molecule has 1 N–H and O–H groups in total. The van der Waals surface area contributed by atoms with E-state index < -0.39 is 0 Å². The molecule has 4 aromatic rings. The van der Waals surface area contributed by atoms with E-state index in [4.69, 9.17) is 4.42 Å². The monoisotopic (exact) mass is 431 g/mol. The third-order valence-corrected chi connectivity index (χ3v) is 5.39. The van der Waals surface area contributed by atoms with Gasteiger partial charge in [-0.3, -0.25) is 9.36 Å². The Bertz CT molecular complexity index is 1200. The Labute approximate surface area is 184 Å². The number of benzene rings is 2. The quantitative estimate of drug-likeness (QED) is 0.265. The first-order valence-electron chi connectivity index (χ1n) is 9.71. The molecular formula is C23H21N5O2S. The number of aryl methyl sites for hydroxylation is 1. The minimum absolute atomic E-state index is 0.147. The number of para-hydroxylation sites is 1. The Kier molecular flexibility index (Phi) is 6.28. The summed E-state index contributed by atoms with van der Waals surface area (Å²) >= 11 is 1.30. The molecule has 0 aliphatic heterocycles. The number of carbonyl (C=O) groups is 1. The van der Waals surface area contributed by atoms with E-state index in [1.807, 2.05) is 84.3 Å². The third kappa shape index (κ3) is 4.92. The van der Waals surface area contributed by atoms with Crippen LogP contribution in [-0.4, -0.2) is 32.1 Å². The number of aromatic nitrogens is 3. The second-order valence-electron chi connectivity index (χ2n) is 6.77. The Morgan fingerprint density at radius 2 is 1.74 bits per heavy atom. The van der Waals surface area contributed by atoms with E-state index in [1.54, 1.807) is 6.92 Å². The van der Waals surface area contributed by atoms with Gasteiger partial charge >= 0.3 is 0 Å². The molecule has 0 aliphatic rings. The van der Waals surface area contributed by atoms with Gasteiger partial charge < -0.3 is 4.42 Å². The Morgan fingerprint density at radius 1 is 1.03 bits per heavy atom. The van der Waals surface area contributed by atoms with Gasteiger partial charge in [-0.25, -0.2) is 5.43 Å². The van der Waals surface area contributed by atoms with E-state index in [-0.39, 0.29) is 11.7 Å². The Morgan fingerprint density at radius 3 is 2.42 bits per heavy atom. The average Bonchev–Trinajstić information content (AvgIpc) is 3.43. The molecule has 0 spiro atoms. The zero-order valence-electron chi connectivity index (χ0n) is 17.1. The topological polar surface area (TPSA) is 85.3 Å². The summed E-state index contributed by atoms with van der Waals surface area (Å²) in [6.07, 6.45) is 0. The molecule has 0 radical (unpaired) electrons. The highest BCUT2D eigenvalue weighted by Crippen LogP contribution is 2.27. The van der Waals surface area contributed by atoms with Crippen molar-refractivity contribution in [3.05, 3.63) is 84.3 Å². The standard InChI is InChI=1S/C23H21N5O2S/c1-16-13-14-20(30-16)17(2)24-25-21(29)15-31-23-27-26-22(18-9-5-3-6-10-18)28(23)19-11-7-4-8-12-19/h3-14H,15H2,1-2H3,(H,25,29)/b24-17+. The van der Waals surface area contributed by atoms with Crippen LogP contribution in [-0.2, 0) is 4.79 Å². The average molecular weight is 432 g/mol. The Balaban J connectivity index is 1.51. The summed E-state index contributed by atoms with van der Waals surface area (Å²) in [5, 5.41) is 13.5. The van der Waals surface area contributed by atoms with Crippen molar-refractivity contribution < 1.29 is 9.21 Å². The second kappa shape index (κ2) is 9.44. The number of rotatable bonds is 7. The van der Waals surface area contributed by atoms with E-state index in [2.05, 4.69) is 20.7 Å². The first-order chi connectivity index (χ1) is 15.1. The van der Waals surface area contributed by atoms with Gasteiger partial charge in [-0.05, 0) is 38.1 Å². The number of thioether (sulfide) groups is 1. The number of furan rings is 1. The summed E-state index contributed by atoms with van der Waals surface area (Å²) in [5.41, 5.74) is 5.05. The van der Waals surface area contributed by atoms with Crippen LogP contribution in [0.4, 0.5) is 0 Å². The molecule has 31 heavy (non-hydrogen) atoms. The predicted molar refractivity (Wildman–Crippen MR) is 121 cm³/mol. The molecule has 4 rings (SSSR count). The summed E-state index contributed by atoms with van der Waals surface area (Å²) in [7, 11) is 0. The molecule has 2 aromatic heterocycles. The lowest BCUT2D eigenvalue weighted by Crippen LogP contribution is -2.21. The Hall–Kier alpha value is -3.65. The molecule has 0 atom stereocenters. The minimum Gasteiger partial charge on any atom is -0.460 e. The van der Waals surface area contributed by atoms with Gasteiger partial charge in [0.15, 0.2) is 11.0 Å².